The molecule has 1 atom stereocenters. The quantitative estimate of drug-likeness (QED) is 0.851. The molecule has 2 aliphatic heterocycles. The molecule has 20 heavy (non-hydrogen) atoms. The molecule has 0 amide bonds. The van der Waals surface area contributed by atoms with Crippen LogP contribution in [0.15, 0.2) is 0 Å². The van der Waals surface area contributed by atoms with E-state index < -0.39 is 0 Å². The van der Waals surface area contributed by atoms with Gasteiger partial charge in [-0.25, -0.2) is 0 Å². The van der Waals surface area contributed by atoms with Gasteiger partial charge in [0.1, 0.15) is 0 Å². The van der Waals surface area contributed by atoms with E-state index in [2.05, 4.69) is 49.7 Å². The van der Waals surface area contributed by atoms with E-state index in [-0.39, 0.29) is 11.1 Å². The largest absolute Gasteiger partial charge is 0.375 e. The molecule has 4 nitrogen and oxygen atoms in total. The number of hydrogen-bond donors (Lipinski definition) is 1. The lowest BCUT2D eigenvalue weighted by molar-refractivity contribution is -0.0795. The predicted octanol–water partition coefficient (Wildman–Crippen LogP) is 1.56. The fourth-order valence-electron chi connectivity index (χ4n) is 3.41. The predicted molar refractivity (Wildman–Crippen MR) is 84.2 cm³/mol. The first-order valence-electron chi connectivity index (χ1n) is 8.11. The lowest BCUT2D eigenvalue weighted by Gasteiger charge is -2.46. The molecule has 0 spiro atoms. The molecule has 0 saturated carbocycles. The fourth-order valence-corrected chi connectivity index (χ4v) is 3.41. The average Bonchev–Trinajstić information content (AvgIpc) is 2.38. The summed E-state index contributed by atoms with van der Waals surface area (Å²) in [4.78, 5) is 5.18. The summed E-state index contributed by atoms with van der Waals surface area (Å²) in [5, 5.41) is 3.44. The SMILES string of the molecule is CC(C)(C)N1CCOC(CC(C)(C)N2CCNCC2)C1. The van der Waals surface area contributed by atoms with Gasteiger partial charge in [-0.3, -0.25) is 9.80 Å². The van der Waals surface area contributed by atoms with E-state index in [1.807, 2.05) is 0 Å². The van der Waals surface area contributed by atoms with Crippen molar-refractivity contribution in [2.45, 2.75) is 58.2 Å². The Bertz CT molecular complexity index is 305. The Morgan fingerprint density at radius 2 is 1.65 bits per heavy atom. The normalized spacial score (nSPS) is 27.8. The molecule has 1 N–H and O–H groups in total. The summed E-state index contributed by atoms with van der Waals surface area (Å²) in [6, 6.07) is 0. The number of nitrogens with one attached hydrogen (secondary N) is 1. The van der Waals surface area contributed by atoms with Gasteiger partial charge >= 0.3 is 0 Å². The van der Waals surface area contributed by atoms with Crippen LogP contribution in [0.3, 0.4) is 0 Å². The summed E-state index contributed by atoms with van der Waals surface area (Å²) in [5.74, 6) is 0. The second kappa shape index (κ2) is 6.30. The van der Waals surface area contributed by atoms with Crippen molar-refractivity contribution in [1.82, 2.24) is 15.1 Å². The van der Waals surface area contributed by atoms with Crippen molar-refractivity contribution in [2.75, 3.05) is 45.9 Å². The van der Waals surface area contributed by atoms with Crippen molar-refractivity contribution in [3.8, 4) is 0 Å². The third kappa shape index (κ3) is 4.17. The Labute approximate surface area is 124 Å². The van der Waals surface area contributed by atoms with Gasteiger partial charge in [0, 0.05) is 50.3 Å². The molecule has 0 aromatic heterocycles. The molecule has 2 heterocycles. The van der Waals surface area contributed by atoms with Crippen molar-refractivity contribution in [3.63, 3.8) is 0 Å². The van der Waals surface area contributed by atoms with Crippen molar-refractivity contribution in [1.29, 1.82) is 0 Å². The van der Waals surface area contributed by atoms with E-state index >= 15 is 0 Å². The molecule has 1 unspecified atom stereocenters. The number of piperazine rings is 1. The molecule has 0 radical (unpaired) electrons. The second-order valence-corrected chi connectivity index (χ2v) is 7.86. The molecule has 0 aromatic rings. The molecule has 2 saturated heterocycles. The van der Waals surface area contributed by atoms with E-state index in [1.165, 1.54) is 0 Å². The van der Waals surface area contributed by atoms with Crippen LogP contribution in [-0.2, 0) is 4.74 Å². The second-order valence-electron chi connectivity index (χ2n) is 7.86. The van der Waals surface area contributed by atoms with Crippen LogP contribution < -0.4 is 5.32 Å². The minimum absolute atomic E-state index is 0.230. The standard InChI is InChI=1S/C16H33N3O/c1-15(2,3)19-10-11-20-14(13-19)12-16(4,5)18-8-6-17-7-9-18/h14,17H,6-13H2,1-5H3. The number of hydrogen-bond acceptors (Lipinski definition) is 4. The smallest absolute Gasteiger partial charge is 0.0720 e. The molecule has 2 rings (SSSR count). The van der Waals surface area contributed by atoms with Crippen LogP contribution in [0.2, 0.25) is 0 Å². The first-order valence-corrected chi connectivity index (χ1v) is 8.11. The van der Waals surface area contributed by atoms with E-state index in [0.717, 1.165) is 52.3 Å². The number of rotatable bonds is 3. The van der Waals surface area contributed by atoms with Crippen molar-refractivity contribution in [3.05, 3.63) is 0 Å². The topological polar surface area (TPSA) is 27.7 Å². The minimum Gasteiger partial charge on any atom is -0.375 e. The molecule has 0 aromatic carbocycles. The van der Waals surface area contributed by atoms with E-state index in [4.69, 9.17) is 4.74 Å². The van der Waals surface area contributed by atoms with Crippen LogP contribution in [0.4, 0.5) is 0 Å². The molecular formula is C16H33N3O. The molecule has 118 valence electrons. The van der Waals surface area contributed by atoms with Crippen molar-refractivity contribution < 1.29 is 4.74 Å². The van der Waals surface area contributed by atoms with Gasteiger partial charge in [-0.15, -0.1) is 0 Å². The summed E-state index contributed by atoms with van der Waals surface area (Å²) in [5.41, 5.74) is 0.481. The lowest BCUT2D eigenvalue weighted by atomic mass is 9.92. The Kier molecular flexibility index (Phi) is 5.11. The number of ether oxygens (including phenoxy) is 1. The molecule has 2 fully saturated rings. The van der Waals surface area contributed by atoms with Crippen molar-refractivity contribution >= 4 is 0 Å². The van der Waals surface area contributed by atoms with Crippen LogP contribution in [-0.4, -0.2) is 72.9 Å². The highest BCUT2D eigenvalue weighted by molar-refractivity contribution is 4.90. The average molecular weight is 283 g/mol. The first kappa shape index (κ1) is 16.2. The third-order valence-corrected chi connectivity index (χ3v) is 4.79. The highest BCUT2D eigenvalue weighted by Gasteiger charge is 2.35. The molecule has 2 aliphatic rings. The highest BCUT2D eigenvalue weighted by Crippen LogP contribution is 2.26. The maximum atomic E-state index is 6.05. The van der Waals surface area contributed by atoms with Crippen LogP contribution in [0.1, 0.15) is 41.0 Å². The maximum absolute atomic E-state index is 6.05. The van der Waals surface area contributed by atoms with Gasteiger partial charge in [0.2, 0.25) is 0 Å². The maximum Gasteiger partial charge on any atom is 0.0720 e. The van der Waals surface area contributed by atoms with E-state index in [0.29, 0.717) is 6.10 Å². The summed E-state index contributed by atoms with van der Waals surface area (Å²) < 4.78 is 6.05. The molecule has 0 aliphatic carbocycles. The summed E-state index contributed by atoms with van der Waals surface area (Å²) in [6.45, 7) is 19.2. The zero-order valence-electron chi connectivity index (χ0n) is 14.0. The van der Waals surface area contributed by atoms with Gasteiger partial charge < -0.3 is 10.1 Å². The van der Waals surface area contributed by atoms with Gasteiger partial charge in [0.15, 0.2) is 0 Å². The highest BCUT2D eigenvalue weighted by atomic mass is 16.5. The lowest BCUT2D eigenvalue weighted by Crippen LogP contribution is -2.57. The van der Waals surface area contributed by atoms with Gasteiger partial charge in [0.25, 0.3) is 0 Å². The third-order valence-electron chi connectivity index (χ3n) is 4.79. The Morgan fingerprint density at radius 3 is 2.25 bits per heavy atom. The summed E-state index contributed by atoms with van der Waals surface area (Å²) >= 11 is 0. The van der Waals surface area contributed by atoms with Crippen molar-refractivity contribution in [2.24, 2.45) is 0 Å². The zero-order chi connectivity index (χ0) is 14.8. The summed E-state index contributed by atoms with van der Waals surface area (Å²) in [7, 11) is 0. The van der Waals surface area contributed by atoms with Crippen LogP contribution in [0, 0.1) is 0 Å². The zero-order valence-corrected chi connectivity index (χ0v) is 14.0. The van der Waals surface area contributed by atoms with Gasteiger partial charge in [0.05, 0.1) is 12.7 Å². The minimum atomic E-state index is 0.230. The van der Waals surface area contributed by atoms with Gasteiger partial charge in [-0.2, -0.15) is 0 Å². The Balaban J connectivity index is 1.91. The molecule has 4 heteroatoms. The van der Waals surface area contributed by atoms with Gasteiger partial charge in [-0.05, 0) is 41.0 Å². The van der Waals surface area contributed by atoms with Crippen LogP contribution in [0.25, 0.3) is 0 Å². The summed E-state index contributed by atoms with van der Waals surface area (Å²) in [6.07, 6.45) is 1.49. The first-order chi connectivity index (χ1) is 9.29. The van der Waals surface area contributed by atoms with E-state index in [1.54, 1.807) is 0 Å². The number of morpholine rings is 1. The number of nitrogens with zero attached hydrogens (tertiary/aromatic N) is 2. The van der Waals surface area contributed by atoms with Crippen LogP contribution >= 0.6 is 0 Å². The monoisotopic (exact) mass is 283 g/mol. The molecule has 0 bridgehead atoms. The Hall–Kier alpha value is -0.160. The Morgan fingerprint density at radius 1 is 1.00 bits per heavy atom. The molecular weight excluding hydrogens is 250 g/mol. The van der Waals surface area contributed by atoms with Gasteiger partial charge in [-0.1, -0.05) is 0 Å². The fraction of sp³-hybridized carbons (Fsp3) is 1.00. The van der Waals surface area contributed by atoms with E-state index in [9.17, 15) is 0 Å². The van der Waals surface area contributed by atoms with Crippen LogP contribution in [0.5, 0.6) is 0 Å².